The Labute approximate surface area is 190 Å². The van der Waals surface area contributed by atoms with Crippen molar-refractivity contribution in [2.75, 3.05) is 7.11 Å². The highest BCUT2D eigenvalue weighted by Crippen LogP contribution is 2.29. The zero-order valence-electron chi connectivity index (χ0n) is 18.5. The molecule has 8 nitrogen and oxygen atoms in total. The van der Waals surface area contributed by atoms with Crippen LogP contribution in [0.5, 0.6) is 0 Å². The second kappa shape index (κ2) is 8.74. The Morgan fingerprint density at radius 2 is 1.85 bits per heavy atom. The number of carboxylic acid groups (broad SMARTS) is 1. The smallest absolute Gasteiger partial charge is 0.336 e. The van der Waals surface area contributed by atoms with Gasteiger partial charge >= 0.3 is 11.9 Å². The first-order chi connectivity index (χ1) is 15.8. The van der Waals surface area contributed by atoms with Crippen LogP contribution in [0.15, 0.2) is 65.4 Å². The molecule has 8 heteroatoms. The number of para-hydroxylation sites is 1. The quantitative estimate of drug-likeness (QED) is 0.458. The second-order valence-corrected chi connectivity index (χ2v) is 7.78. The number of benzene rings is 2. The number of aromatic carboxylic acids is 1. The molecule has 2 heterocycles. The highest BCUT2D eigenvalue weighted by Gasteiger charge is 2.29. The van der Waals surface area contributed by atoms with Crippen LogP contribution in [0.4, 0.5) is 0 Å². The van der Waals surface area contributed by atoms with Crippen molar-refractivity contribution in [3.8, 4) is 0 Å². The summed E-state index contributed by atoms with van der Waals surface area (Å²) < 4.78 is 6.71. The van der Waals surface area contributed by atoms with Crippen molar-refractivity contribution in [1.82, 2.24) is 9.58 Å². The number of hydrogen-bond donors (Lipinski definition) is 1. The maximum Gasteiger partial charge on any atom is 0.336 e. The summed E-state index contributed by atoms with van der Waals surface area (Å²) in [6, 6.07) is 13.6. The van der Waals surface area contributed by atoms with Crippen molar-refractivity contribution in [1.29, 1.82) is 0 Å². The Hall–Kier alpha value is -4.20. The van der Waals surface area contributed by atoms with Gasteiger partial charge in [0.05, 0.1) is 30.5 Å². The lowest BCUT2D eigenvalue weighted by molar-refractivity contribution is -0.143. The molecule has 4 rings (SSSR count). The lowest BCUT2D eigenvalue weighted by Gasteiger charge is -2.13. The first kappa shape index (κ1) is 22.0. The van der Waals surface area contributed by atoms with Crippen molar-refractivity contribution >= 4 is 40.5 Å². The number of methoxy groups -OCH3 is 1. The number of carboxylic acids is 1. The topological polar surface area (TPSA) is 101 Å². The van der Waals surface area contributed by atoms with Gasteiger partial charge in [-0.2, -0.15) is 5.10 Å². The summed E-state index contributed by atoms with van der Waals surface area (Å²) >= 11 is 0. The fourth-order valence-electron chi connectivity index (χ4n) is 3.98. The average molecular weight is 445 g/mol. The molecule has 2 aromatic carbocycles. The average Bonchev–Trinajstić information content (AvgIpc) is 3.31. The number of esters is 1. The molecule has 1 aliphatic heterocycles. The number of amides is 1. The molecule has 0 aliphatic carbocycles. The summed E-state index contributed by atoms with van der Waals surface area (Å²) in [6.45, 7) is 3.55. The van der Waals surface area contributed by atoms with E-state index in [4.69, 9.17) is 4.74 Å². The minimum absolute atomic E-state index is 0.0527. The molecule has 1 amide bonds. The molecular formula is C25H23N3O5. The monoisotopic (exact) mass is 445 g/mol. The summed E-state index contributed by atoms with van der Waals surface area (Å²) in [7, 11) is 1.35. The van der Waals surface area contributed by atoms with Gasteiger partial charge in [0.15, 0.2) is 0 Å². The number of ether oxygens (including phenoxy) is 1. The lowest BCUT2D eigenvalue weighted by Crippen LogP contribution is -2.22. The summed E-state index contributed by atoms with van der Waals surface area (Å²) in [5.74, 6) is -1.74. The van der Waals surface area contributed by atoms with Crippen LogP contribution in [-0.2, 0) is 20.9 Å². The molecule has 0 fully saturated rings. The van der Waals surface area contributed by atoms with E-state index in [0.29, 0.717) is 16.8 Å². The maximum atomic E-state index is 13.2. The third kappa shape index (κ3) is 4.03. The van der Waals surface area contributed by atoms with Gasteiger partial charge in [0.1, 0.15) is 6.04 Å². The predicted octanol–water partition coefficient (Wildman–Crippen LogP) is 3.88. The summed E-state index contributed by atoms with van der Waals surface area (Å²) in [5.41, 5.74) is 3.19. The van der Waals surface area contributed by atoms with Crippen LogP contribution in [0.3, 0.4) is 0 Å². The molecule has 0 spiro atoms. The van der Waals surface area contributed by atoms with Crippen LogP contribution in [-0.4, -0.2) is 45.3 Å². The lowest BCUT2D eigenvalue weighted by atomic mass is 10.1. The van der Waals surface area contributed by atoms with E-state index >= 15 is 0 Å². The van der Waals surface area contributed by atoms with E-state index in [1.54, 1.807) is 38.1 Å². The van der Waals surface area contributed by atoms with Gasteiger partial charge in [0.2, 0.25) is 0 Å². The third-order valence-corrected chi connectivity index (χ3v) is 5.72. The number of rotatable bonds is 6. The van der Waals surface area contributed by atoms with E-state index in [0.717, 1.165) is 16.5 Å². The molecule has 0 saturated heterocycles. The number of carbonyl (C=O) groups is 3. The van der Waals surface area contributed by atoms with Crippen LogP contribution in [0.25, 0.3) is 17.0 Å². The molecule has 0 saturated carbocycles. The van der Waals surface area contributed by atoms with Gasteiger partial charge in [-0.3, -0.25) is 4.79 Å². The molecule has 1 unspecified atom stereocenters. The van der Waals surface area contributed by atoms with Crippen LogP contribution in [0.2, 0.25) is 0 Å². The van der Waals surface area contributed by atoms with E-state index in [-0.39, 0.29) is 24.0 Å². The second-order valence-electron chi connectivity index (χ2n) is 7.78. The Bertz CT molecular complexity index is 1330. The summed E-state index contributed by atoms with van der Waals surface area (Å²) in [4.78, 5) is 36.8. The number of carbonyl (C=O) groups excluding carboxylic acids is 2. The zero-order chi connectivity index (χ0) is 23.7. The van der Waals surface area contributed by atoms with Crippen LogP contribution in [0, 0.1) is 0 Å². The molecule has 3 aromatic rings. The van der Waals surface area contributed by atoms with Crippen molar-refractivity contribution in [2.45, 2.75) is 26.4 Å². The van der Waals surface area contributed by atoms with Crippen molar-refractivity contribution in [3.05, 3.63) is 77.0 Å². The van der Waals surface area contributed by atoms with Gasteiger partial charge in [0, 0.05) is 22.7 Å². The number of hydrazone groups is 1. The maximum absolute atomic E-state index is 13.2. The van der Waals surface area contributed by atoms with E-state index in [2.05, 4.69) is 5.10 Å². The van der Waals surface area contributed by atoms with Crippen LogP contribution >= 0.6 is 0 Å². The van der Waals surface area contributed by atoms with Gasteiger partial charge < -0.3 is 14.4 Å². The predicted molar refractivity (Wildman–Crippen MR) is 124 cm³/mol. The largest absolute Gasteiger partial charge is 0.478 e. The number of fused-ring (bicyclic) bond motifs is 1. The summed E-state index contributed by atoms with van der Waals surface area (Å²) in [5, 5.41) is 15.9. The molecule has 1 aromatic heterocycles. The molecule has 1 atom stereocenters. The van der Waals surface area contributed by atoms with Gasteiger partial charge in [-0.25, -0.2) is 14.6 Å². The number of aromatic nitrogens is 1. The Kier molecular flexibility index (Phi) is 5.83. The number of nitrogens with zero attached hydrogens (tertiary/aromatic N) is 3. The Balaban J connectivity index is 1.70. The first-order valence-electron chi connectivity index (χ1n) is 10.4. The van der Waals surface area contributed by atoms with Gasteiger partial charge in [-0.15, -0.1) is 0 Å². The Morgan fingerprint density at radius 1 is 1.15 bits per heavy atom. The van der Waals surface area contributed by atoms with Crippen molar-refractivity contribution < 1.29 is 24.2 Å². The SMILES string of the molecule is COC(=O)C(C)n1cc(/C=C2\C(=O)N(Cc3ccccc3C(=O)O)N=C2C)c2ccccc21. The fourth-order valence-corrected chi connectivity index (χ4v) is 3.98. The van der Waals surface area contributed by atoms with E-state index in [1.165, 1.54) is 18.2 Å². The highest BCUT2D eigenvalue weighted by atomic mass is 16.5. The molecule has 1 N–H and O–H groups in total. The zero-order valence-corrected chi connectivity index (χ0v) is 18.5. The molecule has 0 radical (unpaired) electrons. The summed E-state index contributed by atoms with van der Waals surface area (Å²) in [6.07, 6.45) is 3.58. The highest BCUT2D eigenvalue weighted by molar-refractivity contribution is 6.27. The molecular weight excluding hydrogens is 422 g/mol. The van der Waals surface area contributed by atoms with Crippen LogP contribution in [0.1, 0.15) is 41.4 Å². The van der Waals surface area contributed by atoms with Crippen molar-refractivity contribution in [3.63, 3.8) is 0 Å². The Morgan fingerprint density at radius 3 is 2.58 bits per heavy atom. The van der Waals surface area contributed by atoms with E-state index in [1.807, 2.05) is 35.0 Å². The molecule has 0 bridgehead atoms. The molecule has 1 aliphatic rings. The van der Waals surface area contributed by atoms with Gasteiger partial charge in [0.25, 0.3) is 5.91 Å². The first-order valence-corrected chi connectivity index (χ1v) is 10.4. The number of hydrogen-bond acceptors (Lipinski definition) is 5. The van der Waals surface area contributed by atoms with Crippen molar-refractivity contribution in [2.24, 2.45) is 5.10 Å². The normalized spacial score (nSPS) is 15.7. The minimum Gasteiger partial charge on any atom is -0.478 e. The molecule has 168 valence electrons. The van der Waals surface area contributed by atoms with E-state index in [9.17, 15) is 19.5 Å². The van der Waals surface area contributed by atoms with Crippen LogP contribution < -0.4 is 0 Å². The standard InChI is InChI=1S/C25H23N3O5/c1-15-21(23(29)28(26-15)14-17-8-4-5-10-20(17)24(30)31)12-18-13-27(16(2)25(32)33-3)22-11-7-6-9-19(18)22/h4-13,16H,14H2,1-3H3,(H,30,31)/b21-12-. The van der Waals surface area contributed by atoms with Gasteiger partial charge in [-0.1, -0.05) is 36.4 Å². The van der Waals surface area contributed by atoms with E-state index < -0.39 is 12.0 Å². The fraction of sp³-hybridized carbons (Fsp3) is 0.200. The minimum atomic E-state index is -1.05. The third-order valence-electron chi connectivity index (χ3n) is 5.72. The molecule has 33 heavy (non-hydrogen) atoms. The van der Waals surface area contributed by atoms with Gasteiger partial charge in [-0.05, 0) is 37.6 Å².